The third-order valence-corrected chi connectivity index (χ3v) is 6.66. The van der Waals surface area contributed by atoms with Crippen LogP contribution in [-0.2, 0) is 14.3 Å². The van der Waals surface area contributed by atoms with Crippen molar-refractivity contribution in [2.75, 3.05) is 19.7 Å². The lowest BCUT2D eigenvalue weighted by Crippen LogP contribution is -2.35. The Morgan fingerprint density at radius 1 is 1.03 bits per heavy atom. The number of halogens is 2. The zero-order valence-corrected chi connectivity index (χ0v) is 18.6. The summed E-state index contributed by atoms with van der Waals surface area (Å²) in [5, 5.41) is 13.6. The lowest BCUT2D eigenvalue weighted by molar-refractivity contribution is -0.141. The van der Waals surface area contributed by atoms with Gasteiger partial charge in [0.2, 0.25) is 5.91 Å². The smallest absolute Gasteiger partial charge is 0.407 e. The molecule has 180 valence electrons. The van der Waals surface area contributed by atoms with E-state index in [1.165, 1.54) is 0 Å². The number of hydrogen-bond acceptors (Lipinski definition) is 4. The lowest BCUT2D eigenvalue weighted by Gasteiger charge is -2.14. The van der Waals surface area contributed by atoms with Gasteiger partial charge in [-0.3, -0.25) is 9.59 Å². The maximum absolute atomic E-state index is 14.1. The first-order valence-corrected chi connectivity index (χ1v) is 11.2. The number of aliphatic carboxylic acids is 1. The molecule has 0 bridgehead atoms. The number of hydrogen-bond donors (Lipinski definition) is 3. The molecule has 3 atom stereocenters. The molecule has 0 saturated heterocycles. The predicted molar refractivity (Wildman–Crippen MR) is 119 cm³/mol. The van der Waals surface area contributed by atoms with Crippen LogP contribution in [0.1, 0.15) is 30.4 Å². The first-order chi connectivity index (χ1) is 16.3. The van der Waals surface area contributed by atoms with Gasteiger partial charge < -0.3 is 20.5 Å². The van der Waals surface area contributed by atoms with Gasteiger partial charge >= 0.3 is 12.1 Å². The molecule has 2 aliphatic carbocycles. The second kappa shape index (κ2) is 9.40. The molecule has 3 N–H and O–H groups in total. The average Bonchev–Trinajstić information content (AvgIpc) is 3.22. The third-order valence-electron chi connectivity index (χ3n) is 6.66. The zero-order valence-electron chi connectivity index (χ0n) is 18.6. The van der Waals surface area contributed by atoms with Crippen LogP contribution >= 0.6 is 0 Å². The number of amides is 2. The van der Waals surface area contributed by atoms with Gasteiger partial charge in [0.05, 0.1) is 11.8 Å². The first kappa shape index (κ1) is 23.7. The van der Waals surface area contributed by atoms with Crippen LogP contribution in [0.15, 0.2) is 48.5 Å². The van der Waals surface area contributed by atoms with Crippen molar-refractivity contribution < 1.29 is 33.0 Å². The summed E-state index contributed by atoms with van der Waals surface area (Å²) in [6, 6.07) is 15.7. The number of ether oxygens (including phenoxy) is 1. The molecule has 1 saturated carbocycles. The molecule has 0 spiro atoms. The molecule has 0 heterocycles. The number of carboxylic acid groups (broad SMARTS) is 1. The van der Waals surface area contributed by atoms with Crippen molar-refractivity contribution >= 4 is 18.0 Å². The fourth-order valence-corrected chi connectivity index (χ4v) is 4.58. The molecule has 3 unspecified atom stereocenters. The van der Waals surface area contributed by atoms with Gasteiger partial charge in [-0.2, -0.15) is 0 Å². The van der Waals surface area contributed by atoms with Crippen LogP contribution in [0.4, 0.5) is 13.6 Å². The number of carboxylic acids is 1. The molecule has 1 fully saturated rings. The van der Waals surface area contributed by atoms with E-state index in [1.807, 2.05) is 48.5 Å². The molecule has 34 heavy (non-hydrogen) atoms. The summed E-state index contributed by atoms with van der Waals surface area (Å²) in [6.45, 7) is 1.05. The van der Waals surface area contributed by atoms with Gasteiger partial charge in [0.1, 0.15) is 12.5 Å². The molecule has 2 aromatic rings. The van der Waals surface area contributed by atoms with Crippen LogP contribution in [0, 0.1) is 17.8 Å². The summed E-state index contributed by atoms with van der Waals surface area (Å²) < 4.78 is 33.6. The second-order valence-corrected chi connectivity index (χ2v) is 8.65. The van der Waals surface area contributed by atoms with Gasteiger partial charge in [-0.25, -0.2) is 13.6 Å². The molecule has 9 heteroatoms. The number of alkyl carbamates (subject to hydrolysis) is 1. The van der Waals surface area contributed by atoms with E-state index in [0.29, 0.717) is 0 Å². The van der Waals surface area contributed by atoms with Crippen LogP contribution in [0.5, 0.6) is 0 Å². The summed E-state index contributed by atoms with van der Waals surface area (Å²) in [5.74, 6) is -9.24. The minimum absolute atomic E-state index is 0.0540. The Kier molecular flexibility index (Phi) is 6.54. The fraction of sp³-hybridized carbons (Fsp3) is 0.400. The predicted octanol–water partition coefficient (Wildman–Crippen LogP) is 3.63. The molecule has 0 aliphatic heterocycles. The summed E-state index contributed by atoms with van der Waals surface area (Å²) in [5.41, 5.74) is 4.22. The van der Waals surface area contributed by atoms with Crippen molar-refractivity contribution in [2.24, 2.45) is 17.8 Å². The normalized spacial score (nSPS) is 20.6. The van der Waals surface area contributed by atoms with E-state index < -0.39 is 48.2 Å². The highest BCUT2D eigenvalue weighted by molar-refractivity contribution is 5.84. The summed E-state index contributed by atoms with van der Waals surface area (Å²) in [6.07, 6.45) is -0.565. The van der Waals surface area contributed by atoms with Gasteiger partial charge in [-0.1, -0.05) is 55.5 Å². The highest BCUT2D eigenvalue weighted by atomic mass is 19.3. The van der Waals surface area contributed by atoms with Crippen molar-refractivity contribution in [3.8, 4) is 11.1 Å². The van der Waals surface area contributed by atoms with E-state index in [9.17, 15) is 23.2 Å². The van der Waals surface area contributed by atoms with E-state index >= 15 is 0 Å². The fourth-order valence-electron chi connectivity index (χ4n) is 4.58. The van der Waals surface area contributed by atoms with E-state index in [2.05, 4.69) is 10.6 Å². The van der Waals surface area contributed by atoms with Gasteiger partial charge in [0.15, 0.2) is 0 Å². The Balaban J connectivity index is 1.29. The van der Waals surface area contributed by atoms with Crippen LogP contribution in [0.2, 0.25) is 0 Å². The maximum Gasteiger partial charge on any atom is 0.407 e. The van der Waals surface area contributed by atoms with Gasteiger partial charge in [0, 0.05) is 19.0 Å². The van der Waals surface area contributed by atoms with E-state index in [1.54, 1.807) is 6.92 Å². The summed E-state index contributed by atoms with van der Waals surface area (Å²) in [7, 11) is 0. The summed E-state index contributed by atoms with van der Waals surface area (Å²) >= 11 is 0. The second-order valence-electron chi connectivity index (χ2n) is 8.65. The molecular weight excluding hydrogens is 446 g/mol. The quantitative estimate of drug-likeness (QED) is 0.517. The van der Waals surface area contributed by atoms with Crippen molar-refractivity contribution in [1.29, 1.82) is 0 Å². The highest BCUT2D eigenvalue weighted by Gasteiger charge is 2.71. The average molecular weight is 472 g/mol. The minimum Gasteiger partial charge on any atom is -0.481 e. The Bertz CT molecular complexity index is 1060. The molecular formula is C25H26F2N2O5. The van der Waals surface area contributed by atoms with Crippen LogP contribution in [0.25, 0.3) is 11.1 Å². The van der Waals surface area contributed by atoms with Gasteiger partial charge in [-0.15, -0.1) is 0 Å². The Hall–Kier alpha value is -3.49. The van der Waals surface area contributed by atoms with Crippen molar-refractivity contribution in [1.82, 2.24) is 10.6 Å². The number of benzene rings is 2. The first-order valence-electron chi connectivity index (χ1n) is 11.2. The lowest BCUT2D eigenvalue weighted by atomic mass is 9.98. The molecule has 2 aromatic carbocycles. The molecule has 0 radical (unpaired) electrons. The number of fused-ring (bicyclic) bond motifs is 3. The van der Waals surface area contributed by atoms with Gasteiger partial charge in [-0.05, 0) is 28.7 Å². The topological polar surface area (TPSA) is 105 Å². The number of nitrogens with one attached hydrogen (secondary N) is 2. The summed E-state index contributed by atoms with van der Waals surface area (Å²) in [4.78, 5) is 35.4. The Labute approximate surface area is 195 Å². The largest absolute Gasteiger partial charge is 0.481 e. The van der Waals surface area contributed by atoms with E-state index in [-0.39, 0.29) is 25.5 Å². The minimum atomic E-state index is -3.27. The monoisotopic (exact) mass is 472 g/mol. The SMILES string of the molecule is CCC(CNC(=O)C1C(CNC(=O)OCC2c3ccccc3-c3ccccc32)C1(F)F)C(=O)O. The molecule has 7 nitrogen and oxygen atoms in total. The van der Waals surface area contributed by atoms with Crippen molar-refractivity contribution in [3.63, 3.8) is 0 Å². The van der Waals surface area contributed by atoms with Crippen LogP contribution in [-0.4, -0.2) is 48.7 Å². The van der Waals surface area contributed by atoms with E-state index in [0.717, 1.165) is 22.3 Å². The molecule has 0 aromatic heterocycles. The highest BCUT2D eigenvalue weighted by Crippen LogP contribution is 2.55. The number of alkyl halides is 2. The maximum atomic E-state index is 14.1. The third kappa shape index (κ3) is 4.47. The molecule has 2 aliphatic rings. The van der Waals surface area contributed by atoms with Crippen LogP contribution < -0.4 is 10.6 Å². The number of carbonyl (C=O) groups excluding carboxylic acids is 2. The Morgan fingerprint density at radius 2 is 1.62 bits per heavy atom. The van der Waals surface area contributed by atoms with E-state index in [4.69, 9.17) is 9.84 Å². The van der Waals surface area contributed by atoms with Crippen LogP contribution in [0.3, 0.4) is 0 Å². The zero-order chi connectivity index (χ0) is 24.5. The van der Waals surface area contributed by atoms with Crippen molar-refractivity contribution in [3.05, 3.63) is 59.7 Å². The standard InChI is InChI=1S/C25H26F2N2O5/c1-2-14(23(31)32)11-28-22(30)21-20(25(21,26)27)12-29-24(33)34-13-19-17-9-5-3-7-15(17)16-8-4-6-10-18(16)19/h3-10,14,19-21H,2,11-13H2,1H3,(H,28,30)(H,29,33)(H,31,32). The number of rotatable bonds is 9. The van der Waals surface area contributed by atoms with Crippen molar-refractivity contribution in [2.45, 2.75) is 25.2 Å². The molecule has 2 amide bonds. The Morgan fingerprint density at radius 3 is 2.18 bits per heavy atom. The number of carbonyl (C=O) groups is 3. The van der Waals surface area contributed by atoms with Gasteiger partial charge in [0.25, 0.3) is 5.92 Å². The molecule has 4 rings (SSSR count).